The van der Waals surface area contributed by atoms with Crippen LogP contribution in [0.1, 0.15) is 28.3 Å². The average molecular weight is 408 g/mol. The molecular weight excluding hydrogens is 380 g/mol. The van der Waals surface area contributed by atoms with Gasteiger partial charge in [-0.3, -0.25) is 9.59 Å². The first-order valence-corrected chi connectivity index (χ1v) is 9.89. The number of rotatable bonds is 6. The van der Waals surface area contributed by atoms with E-state index >= 15 is 0 Å². The number of carbonyl (C=O) groups excluding carboxylic acids is 2. The molecule has 2 aromatic carbocycles. The van der Waals surface area contributed by atoms with Gasteiger partial charge < -0.3 is 19.6 Å². The molecule has 1 amide bonds. The van der Waals surface area contributed by atoms with Crippen LogP contribution in [0.15, 0.2) is 48.0 Å². The maximum Gasteiger partial charge on any atom is 0.295 e. The number of methoxy groups -OCH3 is 1. The highest BCUT2D eigenvalue weighted by molar-refractivity contribution is 6.46. The second-order valence-corrected chi connectivity index (χ2v) is 7.89. The van der Waals surface area contributed by atoms with Gasteiger partial charge in [0.15, 0.2) is 0 Å². The molecule has 1 saturated heterocycles. The molecule has 30 heavy (non-hydrogen) atoms. The van der Waals surface area contributed by atoms with E-state index in [-0.39, 0.29) is 11.3 Å². The number of aliphatic hydroxyl groups excluding tert-OH is 1. The second-order valence-electron chi connectivity index (χ2n) is 7.89. The number of ketones is 1. The predicted octanol–water partition coefficient (Wildman–Crippen LogP) is 3.30. The maximum atomic E-state index is 13.0. The number of carbonyl (C=O) groups is 2. The van der Waals surface area contributed by atoms with Crippen LogP contribution >= 0.6 is 0 Å². The standard InChI is InChI=1S/C24H28N2O4/c1-15-7-6-8-17(13-15)21-20(23(28)24(29)26(21)12-11-25(3)4)22(27)18-9-10-19(30-5)16(2)14-18/h6-10,13-14,21,27H,11-12H2,1-5H3/b22-20-. The quantitative estimate of drug-likeness (QED) is 0.451. The Morgan fingerprint density at radius 3 is 2.47 bits per heavy atom. The molecule has 1 aliphatic rings. The molecule has 1 fully saturated rings. The maximum absolute atomic E-state index is 13.0. The number of amides is 1. The molecular formula is C24H28N2O4. The molecule has 0 aliphatic carbocycles. The van der Waals surface area contributed by atoms with E-state index in [1.165, 1.54) is 0 Å². The summed E-state index contributed by atoms with van der Waals surface area (Å²) in [5, 5.41) is 11.1. The first kappa shape index (κ1) is 21.6. The van der Waals surface area contributed by atoms with E-state index in [0.717, 1.165) is 16.7 Å². The zero-order valence-corrected chi connectivity index (χ0v) is 18.1. The monoisotopic (exact) mass is 408 g/mol. The second kappa shape index (κ2) is 8.71. The van der Waals surface area contributed by atoms with E-state index in [4.69, 9.17) is 4.74 Å². The third-order valence-corrected chi connectivity index (χ3v) is 5.35. The van der Waals surface area contributed by atoms with E-state index in [9.17, 15) is 14.7 Å². The number of ether oxygens (including phenoxy) is 1. The van der Waals surface area contributed by atoms with E-state index < -0.39 is 17.7 Å². The number of hydrogen-bond donors (Lipinski definition) is 1. The minimum atomic E-state index is -0.661. The van der Waals surface area contributed by atoms with Gasteiger partial charge in [-0.15, -0.1) is 0 Å². The fourth-order valence-electron chi connectivity index (χ4n) is 3.79. The highest BCUT2D eigenvalue weighted by atomic mass is 16.5. The summed E-state index contributed by atoms with van der Waals surface area (Å²) in [4.78, 5) is 29.4. The predicted molar refractivity (Wildman–Crippen MR) is 116 cm³/mol. The molecule has 1 aliphatic heterocycles. The van der Waals surface area contributed by atoms with Crippen molar-refractivity contribution in [2.24, 2.45) is 0 Å². The summed E-state index contributed by atoms with van der Waals surface area (Å²) in [6.07, 6.45) is 0. The number of Topliss-reactive ketones (excluding diaryl/α,β-unsaturated/α-hetero) is 1. The lowest BCUT2D eigenvalue weighted by molar-refractivity contribution is -0.140. The van der Waals surface area contributed by atoms with Crippen LogP contribution in [0, 0.1) is 13.8 Å². The van der Waals surface area contributed by atoms with Crippen LogP contribution in [-0.4, -0.2) is 60.9 Å². The van der Waals surface area contributed by atoms with E-state index in [1.807, 2.05) is 57.1 Å². The molecule has 3 rings (SSSR count). The SMILES string of the molecule is COc1ccc(/C(O)=C2/C(=O)C(=O)N(CCN(C)C)C2c2cccc(C)c2)cc1C. The van der Waals surface area contributed by atoms with Crippen LogP contribution in [0.5, 0.6) is 5.75 Å². The average Bonchev–Trinajstić information content (AvgIpc) is 2.96. The van der Waals surface area contributed by atoms with Gasteiger partial charge in [0.2, 0.25) is 0 Å². The van der Waals surface area contributed by atoms with Crippen LogP contribution in [0.4, 0.5) is 0 Å². The first-order chi connectivity index (χ1) is 14.2. The van der Waals surface area contributed by atoms with Crippen molar-refractivity contribution in [2.45, 2.75) is 19.9 Å². The summed E-state index contributed by atoms with van der Waals surface area (Å²) in [6.45, 7) is 4.82. The lowest BCUT2D eigenvalue weighted by atomic mass is 9.94. The van der Waals surface area contributed by atoms with Crippen LogP contribution < -0.4 is 4.74 Å². The van der Waals surface area contributed by atoms with Gasteiger partial charge in [-0.25, -0.2) is 0 Å². The van der Waals surface area contributed by atoms with Gasteiger partial charge in [0, 0.05) is 18.7 Å². The number of hydrogen-bond acceptors (Lipinski definition) is 5. The van der Waals surface area contributed by atoms with Crippen LogP contribution in [-0.2, 0) is 9.59 Å². The van der Waals surface area contributed by atoms with Gasteiger partial charge in [0.25, 0.3) is 11.7 Å². The van der Waals surface area contributed by atoms with Crippen molar-refractivity contribution in [3.8, 4) is 5.75 Å². The Morgan fingerprint density at radius 1 is 1.13 bits per heavy atom. The van der Waals surface area contributed by atoms with E-state index in [0.29, 0.717) is 24.4 Å². The first-order valence-electron chi connectivity index (χ1n) is 9.89. The summed E-state index contributed by atoms with van der Waals surface area (Å²) in [5.74, 6) is -0.729. The van der Waals surface area contributed by atoms with Crippen LogP contribution in [0.3, 0.4) is 0 Å². The zero-order chi connectivity index (χ0) is 22.0. The van der Waals surface area contributed by atoms with Gasteiger partial charge in [0.1, 0.15) is 11.5 Å². The highest BCUT2D eigenvalue weighted by Crippen LogP contribution is 2.39. The fourth-order valence-corrected chi connectivity index (χ4v) is 3.79. The molecule has 1 unspecified atom stereocenters. The van der Waals surface area contributed by atoms with Crippen molar-refractivity contribution in [3.05, 3.63) is 70.3 Å². The van der Waals surface area contributed by atoms with Gasteiger partial charge in [-0.1, -0.05) is 29.8 Å². The topological polar surface area (TPSA) is 70.1 Å². The Hall–Kier alpha value is -3.12. The van der Waals surface area contributed by atoms with E-state index in [1.54, 1.807) is 30.2 Å². The molecule has 0 radical (unpaired) electrons. The highest BCUT2D eigenvalue weighted by Gasteiger charge is 2.45. The Balaban J connectivity index is 2.16. The number of benzene rings is 2. The Morgan fingerprint density at radius 2 is 1.87 bits per heavy atom. The van der Waals surface area contributed by atoms with Crippen molar-refractivity contribution in [1.29, 1.82) is 0 Å². The van der Waals surface area contributed by atoms with Crippen molar-refractivity contribution < 1.29 is 19.4 Å². The largest absolute Gasteiger partial charge is 0.507 e. The summed E-state index contributed by atoms with van der Waals surface area (Å²) < 4.78 is 5.29. The molecule has 1 atom stereocenters. The van der Waals surface area contributed by atoms with E-state index in [2.05, 4.69) is 0 Å². The molecule has 6 nitrogen and oxygen atoms in total. The van der Waals surface area contributed by atoms with Gasteiger partial charge >= 0.3 is 0 Å². The number of aryl methyl sites for hydroxylation is 2. The number of likely N-dealkylation sites (N-methyl/N-ethyl adjacent to an activating group) is 1. The third kappa shape index (κ3) is 4.09. The molecule has 2 aromatic rings. The lowest BCUT2D eigenvalue weighted by Crippen LogP contribution is -2.35. The minimum Gasteiger partial charge on any atom is -0.507 e. The number of aliphatic hydroxyl groups is 1. The summed E-state index contributed by atoms with van der Waals surface area (Å²) >= 11 is 0. The van der Waals surface area contributed by atoms with Crippen LogP contribution in [0.2, 0.25) is 0 Å². The smallest absolute Gasteiger partial charge is 0.295 e. The number of likely N-dealkylation sites (tertiary alicyclic amines) is 1. The van der Waals surface area contributed by atoms with Gasteiger partial charge in [0.05, 0.1) is 18.7 Å². The van der Waals surface area contributed by atoms with Crippen molar-refractivity contribution in [2.75, 3.05) is 34.3 Å². The normalized spacial score (nSPS) is 18.3. The minimum absolute atomic E-state index is 0.119. The number of nitrogens with zero attached hydrogens (tertiary/aromatic N) is 2. The molecule has 6 heteroatoms. The Labute approximate surface area is 177 Å². The molecule has 0 bridgehead atoms. The van der Waals surface area contributed by atoms with Crippen molar-refractivity contribution in [1.82, 2.24) is 9.80 Å². The van der Waals surface area contributed by atoms with Gasteiger partial charge in [-0.2, -0.15) is 0 Å². The fraction of sp³-hybridized carbons (Fsp3) is 0.333. The Bertz CT molecular complexity index is 1010. The Kier molecular flexibility index (Phi) is 6.27. The van der Waals surface area contributed by atoms with Crippen LogP contribution in [0.25, 0.3) is 5.76 Å². The molecule has 0 spiro atoms. The summed E-state index contributed by atoms with van der Waals surface area (Å²) in [6, 6.07) is 12.3. The molecule has 158 valence electrons. The molecule has 0 aromatic heterocycles. The van der Waals surface area contributed by atoms with Gasteiger partial charge in [-0.05, 0) is 57.3 Å². The third-order valence-electron chi connectivity index (χ3n) is 5.35. The summed E-state index contributed by atoms with van der Waals surface area (Å²) in [5.41, 5.74) is 3.26. The molecule has 0 saturated carbocycles. The summed E-state index contributed by atoms with van der Waals surface area (Å²) in [7, 11) is 5.41. The molecule has 1 heterocycles. The zero-order valence-electron chi connectivity index (χ0n) is 18.1. The molecule has 1 N–H and O–H groups in total. The van der Waals surface area contributed by atoms with Crippen molar-refractivity contribution in [3.63, 3.8) is 0 Å². The van der Waals surface area contributed by atoms with Crippen molar-refractivity contribution >= 4 is 17.4 Å². The lowest BCUT2D eigenvalue weighted by Gasteiger charge is -2.26.